The molecule has 0 saturated heterocycles. The van der Waals surface area contributed by atoms with E-state index in [2.05, 4.69) is 21.2 Å². The SMILES string of the molecule is N#CC(=Cc1cccc(Br)c1)C(=O)NC1CCCC1. The average Bonchev–Trinajstić information content (AvgIpc) is 2.88. The van der Waals surface area contributed by atoms with Crippen molar-refractivity contribution in [3.63, 3.8) is 0 Å². The number of nitrogens with one attached hydrogen (secondary N) is 1. The van der Waals surface area contributed by atoms with Gasteiger partial charge in [0.15, 0.2) is 0 Å². The smallest absolute Gasteiger partial charge is 0.262 e. The van der Waals surface area contributed by atoms with Crippen molar-refractivity contribution in [1.29, 1.82) is 5.26 Å². The summed E-state index contributed by atoms with van der Waals surface area (Å²) >= 11 is 3.37. The summed E-state index contributed by atoms with van der Waals surface area (Å²) in [7, 11) is 0. The molecule has 3 nitrogen and oxygen atoms in total. The van der Waals surface area contributed by atoms with Gasteiger partial charge in [0, 0.05) is 10.5 Å². The zero-order chi connectivity index (χ0) is 13.7. The van der Waals surface area contributed by atoms with Crippen molar-refractivity contribution in [2.24, 2.45) is 0 Å². The normalized spacial score (nSPS) is 16.1. The van der Waals surface area contributed by atoms with Crippen LogP contribution in [-0.4, -0.2) is 11.9 Å². The Balaban J connectivity index is 2.10. The molecule has 0 radical (unpaired) electrons. The molecule has 4 heteroatoms. The minimum Gasteiger partial charge on any atom is -0.349 e. The van der Waals surface area contributed by atoms with E-state index in [0.29, 0.717) is 0 Å². The Morgan fingerprint density at radius 3 is 2.79 bits per heavy atom. The van der Waals surface area contributed by atoms with Gasteiger partial charge in [0.05, 0.1) is 0 Å². The van der Waals surface area contributed by atoms with Crippen LogP contribution in [0.4, 0.5) is 0 Å². The summed E-state index contributed by atoms with van der Waals surface area (Å²) in [6.45, 7) is 0. The number of carbonyl (C=O) groups is 1. The van der Waals surface area contributed by atoms with Crippen LogP contribution < -0.4 is 5.32 Å². The number of hydrogen-bond donors (Lipinski definition) is 1. The summed E-state index contributed by atoms with van der Waals surface area (Å²) in [6.07, 6.45) is 5.96. The minimum atomic E-state index is -0.269. The monoisotopic (exact) mass is 318 g/mol. The van der Waals surface area contributed by atoms with Gasteiger partial charge in [-0.25, -0.2) is 0 Å². The lowest BCUT2D eigenvalue weighted by molar-refractivity contribution is -0.117. The number of nitriles is 1. The second-order valence-corrected chi connectivity index (χ2v) is 5.60. The molecule has 98 valence electrons. The van der Waals surface area contributed by atoms with Crippen LogP contribution in [-0.2, 0) is 4.79 Å². The standard InChI is InChI=1S/C15H15BrN2O/c16-13-5-3-4-11(9-13)8-12(10-17)15(19)18-14-6-1-2-7-14/h3-5,8-9,14H,1-2,6-7H2,(H,18,19). The maximum Gasteiger partial charge on any atom is 0.262 e. The van der Waals surface area contributed by atoms with Crippen LogP contribution in [0.2, 0.25) is 0 Å². The van der Waals surface area contributed by atoms with E-state index in [9.17, 15) is 4.79 Å². The van der Waals surface area contributed by atoms with Gasteiger partial charge in [-0.3, -0.25) is 4.79 Å². The van der Waals surface area contributed by atoms with E-state index in [1.807, 2.05) is 30.3 Å². The molecule has 0 unspecified atom stereocenters. The van der Waals surface area contributed by atoms with Crippen molar-refractivity contribution < 1.29 is 4.79 Å². The van der Waals surface area contributed by atoms with Gasteiger partial charge in [0.1, 0.15) is 11.6 Å². The molecule has 0 spiro atoms. The van der Waals surface area contributed by atoms with Gasteiger partial charge in [0.2, 0.25) is 0 Å². The molecular weight excluding hydrogens is 304 g/mol. The van der Waals surface area contributed by atoms with Crippen molar-refractivity contribution in [1.82, 2.24) is 5.32 Å². The molecule has 1 amide bonds. The van der Waals surface area contributed by atoms with E-state index in [4.69, 9.17) is 5.26 Å². The molecule has 19 heavy (non-hydrogen) atoms. The number of amides is 1. The summed E-state index contributed by atoms with van der Waals surface area (Å²) in [5.41, 5.74) is 0.998. The Bertz CT molecular complexity index is 539. The third-order valence-electron chi connectivity index (χ3n) is 3.22. The molecule has 1 aromatic carbocycles. The first kappa shape index (κ1) is 13.8. The molecule has 0 aromatic heterocycles. The zero-order valence-corrected chi connectivity index (χ0v) is 12.1. The Labute approximate surface area is 121 Å². The molecule has 2 rings (SSSR count). The second-order valence-electron chi connectivity index (χ2n) is 4.68. The fourth-order valence-corrected chi connectivity index (χ4v) is 2.66. The quantitative estimate of drug-likeness (QED) is 0.685. The zero-order valence-electron chi connectivity index (χ0n) is 10.5. The lowest BCUT2D eigenvalue weighted by Gasteiger charge is -2.10. The van der Waals surface area contributed by atoms with Crippen LogP contribution in [0.5, 0.6) is 0 Å². The van der Waals surface area contributed by atoms with E-state index < -0.39 is 0 Å². The van der Waals surface area contributed by atoms with E-state index in [0.717, 1.165) is 35.7 Å². The van der Waals surface area contributed by atoms with E-state index in [-0.39, 0.29) is 17.5 Å². The van der Waals surface area contributed by atoms with Gasteiger partial charge in [-0.1, -0.05) is 40.9 Å². The predicted octanol–water partition coefficient (Wildman–Crippen LogP) is 3.41. The molecule has 1 fully saturated rings. The minimum absolute atomic E-state index is 0.157. The third kappa shape index (κ3) is 3.93. The number of halogens is 1. The second kappa shape index (κ2) is 6.53. The predicted molar refractivity (Wildman–Crippen MR) is 78.1 cm³/mol. The van der Waals surface area contributed by atoms with Crippen LogP contribution >= 0.6 is 15.9 Å². The number of benzene rings is 1. The fourth-order valence-electron chi connectivity index (χ4n) is 2.24. The molecule has 1 aliphatic rings. The van der Waals surface area contributed by atoms with E-state index in [1.54, 1.807) is 6.08 Å². The Hall–Kier alpha value is -1.60. The lowest BCUT2D eigenvalue weighted by Crippen LogP contribution is -2.33. The van der Waals surface area contributed by atoms with Gasteiger partial charge in [-0.05, 0) is 36.6 Å². The summed E-state index contributed by atoms with van der Waals surface area (Å²) in [5, 5.41) is 12.0. The first-order valence-electron chi connectivity index (χ1n) is 6.37. The van der Waals surface area contributed by atoms with Crippen molar-refractivity contribution in [3.8, 4) is 6.07 Å². The van der Waals surface area contributed by atoms with Crippen molar-refractivity contribution in [3.05, 3.63) is 39.9 Å². The topological polar surface area (TPSA) is 52.9 Å². The van der Waals surface area contributed by atoms with Crippen LogP contribution in [0.1, 0.15) is 31.2 Å². The van der Waals surface area contributed by atoms with Crippen LogP contribution in [0.3, 0.4) is 0 Å². The number of nitrogens with zero attached hydrogens (tertiary/aromatic N) is 1. The van der Waals surface area contributed by atoms with Gasteiger partial charge in [-0.15, -0.1) is 0 Å². The molecule has 1 aromatic rings. The van der Waals surface area contributed by atoms with Crippen LogP contribution in [0.15, 0.2) is 34.3 Å². The highest BCUT2D eigenvalue weighted by Crippen LogP contribution is 2.19. The van der Waals surface area contributed by atoms with Gasteiger partial charge in [0.25, 0.3) is 5.91 Å². The molecule has 1 saturated carbocycles. The molecule has 0 atom stereocenters. The fraction of sp³-hybridized carbons (Fsp3) is 0.333. The number of rotatable bonds is 3. The van der Waals surface area contributed by atoms with Crippen molar-refractivity contribution in [2.45, 2.75) is 31.7 Å². The van der Waals surface area contributed by atoms with Crippen molar-refractivity contribution in [2.75, 3.05) is 0 Å². The first-order chi connectivity index (χ1) is 9.19. The third-order valence-corrected chi connectivity index (χ3v) is 3.71. The van der Waals surface area contributed by atoms with Crippen molar-refractivity contribution >= 4 is 27.9 Å². The molecular formula is C15H15BrN2O. The van der Waals surface area contributed by atoms with Crippen LogP contribution in [0, 0.1) is 11.3 Å². The van der Waals surface area contributed by atoms with Gasteiger partial charge >= 0.3 is 0 Å². The Morgan fingerprint density at radius 1 is 1.42 bits per heavy atom. The maximum atomic E-state index is 12.0. The molecule has 0 bridgehead atoms. The average molecular weight is 319 g/mol. The van der Waals surface area contributed by atoms with E-state index in [1.165, 1.54) is 0 Å². The largest absolute Gasteiger partial charge is 0.349 e. The highest BCUT2D eigenvalue weighted by Gasteiger charge is 2.19. The molecule has 1 N–H and O–H groups in total. The van der Waals surface area contributed by atoms with Crippen LogP contribution in [0.25, 0.3) is 6.08 Å². The number of carbonyl (C=O) groups excluding carboxylic acids is 1. The highest BCUT2D eigenvalue weighted by atomic mass is 79.9. The highest BCUT2D eigenvalue weighted by molar-refractivity contribution is 9.10. The van der Waals surface area contributed by atoms with Gasteiger partial charge in [-0.2, -0.15) is 5.26 Å². The summed E-state index contributed by atoms with van der Waals surface area (Å²) in [4.78, 5) is 12.0. The van der Waals surface area contributed by atoms with Gasteiger partial charge < -0.3 is 5.32 Å². The molecule has 0 heterocycles. The van der Waals surface area contributed by atoms with E-state index >= 15 is 0 Å². The Kier molecular flexibility index (Phi) is 4.75. The molecule has 0 aliphatic heterocycles. The summed E-state index contributed by atoms with van der Waals surface area (Å²) < 4.78 is 0.926. The molecule has 1 aliphatic carbocycles. The summed E-state index contributed by atoms with van der Waals surface area (Å²) in [6, 6.07) is 9.73. The Morgan fingerprint density at radius 2 is 2.16 bits per heavy atom. The maximum absolute atomic E-state index is 12.0. The first-order valence-corrected chi connectivity index (χ1v) is 7.16. The summed E-state index contributed by atoms with van der Waals surface area (Å²) in [5.74, 6) is -0.269. The number of hydrogen-bond acceptors (Lipinski definition) is 2. The lowest BCUT2D eigenvalue weighted by atomic mass is 10.1.